The minimum absolute atomic E-state index is 0.260. The van der Waals surface area contributed by atoms with Crippen LogP contribution in [0.2, 0.25) is 25.7 Å². The summed E-state index contributed by atoms with van der Waals surface area (Å²) in [7, 11) is -1.30. The van der Waals surface area contributed by atoms with Gasteiger partial charge in [-0.05, 0) is 6.04 Å². The standard InChI is InChI=1S/C14H26O7Si/c1-5-10(15)20-8-9-11(16)12(17)13(18)14(21-9)19-6-7-22(2,3)4/h5,9,11-14,16-18H,1,6-8H2,2-4H3/t9-,11-,12+,13-,14-/m1/s1. The third kappa shape index (κ3) is 5.79. The molecule has 0 aromatic rings. The number of aliphatic hydroxyl groups excluding tert-OH is 3. The van der Waals surface area contributed by atoms with Gasteiger partial charge in [0.15, 0.2) is 6.29 Å². The van der Waals surface area contributed by atoms with Crippen LogP contribution in [0.15, 0.2) is 12.7 Å². The monoisotopic (exact) mass is 334 g/mol. The molecule has 1 heterocycles. The summed E-state index contributed by atoms with van der Waals surface area (Å²) in [5, 5.41) is 29.6. The van der Waals surface area contributed by atoms with Crippen molar-refractivity contribution in [2.24, 2.45) is 0 Å². The van der Waals surface area contributed by atoms with Crippen molar-refractivity contribution in [1.29, 1.82) is 0 Å². The number of ether oxygens (including phenoxy) is 3. The van der Waals surface area contributed by atoms with Crippen molar-refractivity contribution in [3.05, 3.63) is 12.7 Å². The average Bonchev–Trinajstić information content (AvgIpc) is 2.44. The van der Waals surface area contributed by atoms with E-state index in [4.69, 9.17) is 14.2 Å². The van der Waals surface area contributed by atoms with Crippen molar-refractivity contribution >= 4 is 14.0 Å². The first-order valence-corrected chi connectivity index (χ1v) is 11.0. The first kappa shape index (κ1) is 19.3. The van der Waals surface area contributed by atoms with E-state index in [1.54, 1.807) is 0 Å². The van der Waals surface area contributed by atoms with Gasteiger partial charge in [0.25, 0.3) is 0 Å². The Hall–Kier alpha value is -0.773. The Morgan fingerprint density at radius 3 is 2.41 bits per heavy atom. The van der Waals surface area contributed by atoms with Crippen LogP contribution in [-0.2, 0) is 19.0 Å². The molecule has 0 bridgehead atoms. The molecule has 128 valence electrons. The van der Waals surface area contributed by atoms with Gasteiger partial charge in [-0.3, -0.25) is 0 Å². The van der Waals surface area contributed by atoms with Crippen LogP contribution >= 0.6 is 0 Å². The molecule has 1 rings (SSSR count). The Balaban J connectivity index is 2.57. The maximum atomic E-state index is 11.1. The van der Waals surface area contributed by atoms with Crippen LogP contribution in [0, 0.1) is 0 Å². The molecule has 3 N–H and O–H groups in total. The lowest BCUT2D eigenvalue weighted by atomic mass is 9.99. The predicted molar refractivity (Wildman–Crippen MR) is 81.9 cm³/mol. The normalized spacial score (nSPS) is 32.5. The van der Waals surface area contributed by atoms with Gasteiger partial charge < -0.3 is 29.5 Å². The minimum Gasteiger partial charge on any atom is -0.460 e. The van der Waals surface area contributed by atoms with Crippen LogP contribution in [0.4, 0.5) is 0 Å². The van der Waals surface area contributed by atoms with Gasteiger partial charge in [-0.1, -0.05) is 26.2 Å². The summed E-state index contributed by atoms with van der Waals surface area (Å²) in [5.74, 6) is -0.660. The number of esters is 1. The third-order valence-electron chi connectivity index (χ3n) is 3.36. The van der Waals surface area contributed by atoms with E-state index in [-0.39, 0.29) is 6.61 Å². The summed E-state index contributed by atoms with van der Waals surface area (Å²) in [5.41, 5.74) is 0. The van der Waals surface area contributed by atoms with Crippen molar-refractivity contribution in [1.82, 2.24) is 0 Å². The zero-order valence-corrected chi connectivity index (χ0v) is 14.3. The van der Waals surface area contributed by atoms with Crippen molar-refractivity contribution in [2.45, 2.75) is 56.4 Å². The van der Waals surface area contributed by atoms with Gasteiger partial charge in [-0.25, -0.2) is 4.79 Å². The lowest BCUT2D eigenvalue weighted by Crippen LogP contribution is -2.59. The number of hydrogen-bond donors (Lipinski definition) is 3. The molecule has 0 amide bonds. The zero-order chi connectivity index (χ0) is 16.9. The Morgan fingerprint density at radius 1 is 1.23 bits per heavy atom. The van der Waals surface area contributed by atoms with E-state index < -0.39 is 44.7 Å². The molecule has 0 unspecified atom stereocenters. The Labute approximate surface area is 131 Å². The summed E-state index contributed by atoms with van der Waals surface area (Å²) >= 11 is 0. The number of hydrogen-bond acceptors (Lipinski definition) is 7. The molecule has 22 heavy (non-hydrogen) atoms. The zero-order valence-electron chi connectivity index (χ0n) is 13.3. The Bertz CT molecular complexity index is 382. The third-order valence-corrected chi connectivity index (χ3v) is 5.06. The molecule has 1 saturated heterocycles. The summed E-state index contributed by atoms with van der Waals surface area (Å²) in [4.78, 5) is 11.1. The molecule has 0 saturated carbocycles. The summed E-state index contributed by atoms with van der Waals surface area (Å²) in [6.07, 6.45) is -5.21. The van der Waals surface area contributed by atoms with E-state index in [0.29, 0.717) is 6.61 Å². The maximum absolute atomic E-state index is 11.1. The van der Waals surface area contributed by atoms with Crippen LogP contribution in [0.25, 0.3) is 0 Å². The van der Waals surface area contributed by atoms with Crippen LogP contribution in [0.1, 0.15) is 0 Å². The number of aliphatic hydroxyl groups is 3. The minimum atomic E-state index is -1.43. The number of carbonyl (C=O) groups excluding carboxylic acids is 1. The fraction of sp³-hybridized carbons (Fsp3) is 0.786. The van der Waals surface area contributed by atoms with Gasteiger partial charge in [0.1, 0.15) is 31.0 Å². The van der Waals surface area contributed by atoms with E-state index in [1.165, 1.54) is 0 Å². The van der Waals surface area contributed by atoms with E-state index in [1.807, 2.05) is 0 Å². The lowest BCUT2D eigenvalue weighted by Gasteiger charge is -2.40. The topological polar surface area (TPSA) is 105 Å². The molecule has 1 aliphatic heterocycles. The smallest absolute Gasteiger partial charge is 0.330 e. The van der Waals surface area contributed by atoms with Gasteiger partial charge in [0.05, 0.1) is 0 Å². The molecule has 1 aliphatic rings. The molecule has 1 fully saturated rings. The second-order valence-electron chi connectivity index (χ2n) is 6.53. The first-order chi connectivity index (χ1) is 10.2. The van der Waals surface area contributed by atoms with E-state index in [0.717, 1.165) is 12.1 Å². The Morgan fingerprint density at radius 2 is 1.86 bits per heavy atom. The van der Waals surface area contributed by atoms with Crippen LogP contribution < -0.4 is 0 Å². The first-order valence-electron chi connectivity index (χ1n) is 7.26. The summed E-state index contributed by atoms with van der Waals surface area (Å²) in [6.45, 7) is 9.94. The van der Waals surface area contributed by atoms with Gasteiger partial charge in [-0.15, -0.1) is 0 Å². The molecule has 0 aromatic carbocycles. The van der Waals surface area contributed by atoms with Crippen LogP contribution in [-0.4, -0.2) is 73.3 Å². The molecule has 7 nitrogen and oxygen atoms in total. The largest absolute Gasteiger partial charge is 0.460 e. The molecular formula is C14H26O7Si. The average molecular weight is 334 g/mol. The molecule has 0 aliphatic carbocycles. The highest BCUT2D eigenvalue weighted by Crippen LogP contribution is 2.23. The fourth-order valence-electron chi connectivity index (χ4n) is 1.90. The molecule has 8 heteroatoms. The lowest BCUT2D eigenvalue weighted by molar-refractivity contribution is -0.300. The maximum Gasteiger partial charge on any atom is 0.330 e. The van der Waals surface area contributed by atoms with Gasteiger partial charge in [0, 0.05) is 20.8 Å². The van der Waals surface area contributed by atoms with Gasteiger partial charge in [-0.2, -0.15) is 0 Å². The highest BCUT2D eigenvalue weighted by molar-refractivity contribution is 6.76. The summed E-state index contributed by atoms with van der Waals surface area (Å²) < 4.78 is 15.7. The van der Waals surface area contributed by atoms with Crippen molar-refractivity contribution in [3.63, 3.8) is 0 Å². The molecule has 0 spiro atoms. The van der Waals surface area contributed by atoms with E-state index >= 15 is 0 Å². The van der Waals surface area contributed by atoms with Crippen molar-refractivity contribution in [2.75, 3.05) is 13.2 Å². The highest BCUT2D eigenvalue weighted by Gasteiger charge is 2.44. The highest BCUT2D eigenvalue weighted by atomic mass is 28.3. The van der Waals surface area contributed by atoms with Crippen LogP contribution in [0.5, 0.6) is 0 Å². The SMILES string of the molecule is C=CC(=O)OC[C@H]1O[C@@H](OCC[Si](C)(C)C)[C@H](O)[C@@H](O)[C@@H]1O. The Kier molecular flexibility index (Phi) is 7.17. The van der Waals surface area contributed by atoms with Crippen molar-refractivity contribution in [3.8, 4) is 0 Å². The van der Waals surface area contributed by atoms with Crippen molar-refractivity contribution < 1.29 is 34.3 Å². The number of rotatable bonds is 7. The van der Waals surface area contributed by atoms with Crippen LogP contribution in [0.3, 0.4) is 0 Å². The second kappa shape index (κ2) is 8.18. The molecule has 0 aromatic heterocycles. The van der Waals surface area contributed by atoms with E-state index in [2.05, 4.69) is 26.2 Å². The number of carbonyl (C=O) groups is 1. The van der Waals surface area contributed by atoms with E-state index in [9.17, 15) is 20.1 Å². The quantitative estimate of drug-likeness (QED) is 0.338. The van der Waals surface area contributed by atoms with Gasteiger partial charge >= 0.3 is 5.97 Å². The second-order valence-corrected chi connectivity index (χ2v) is 12.2. The fourth-order valence-corrected chi connectivity index (χ4v) is 2.63. The predicted octanol–water partition coefficient (Wildman–Crippen LogP) is -0.122. The van der Waals surface area contributed by atoms with Gasteiger partial charge in [0.2, 0.25) is 0 Å². The summed E-state index contributed by atoms with van der Waals surface area (Å²) in [6, 6.07) is 0.869. The molecule has 5 atom stereocenters. The molecular weight excluding hydrogens is 308 g/mol. The molecule has 0 radical (unpaired) electrons.